The molecule has 4 amide bonds. The second-order valence-electron chi connectivity index (χ2n) is 23.7. The predicted octanol–water partition coefficient (Wildman–Crippen LogP) is 8.16. The number of nitrogens with two attached hydrogens (primary N) is 2. The largest absolute Gasteiger partial charge is 0.496 e. The summed E-state index contributed by atoms with van der Waals surface area (Å²) in [6.07, 6.45) is 16.6. The summed E-state index contributed by atoms with van der Waals surface area (Å²) in [5, 5.41) is 64.0. The minimum atomic E-state index is -0.988. The molecule has 0 unspecified atom stereocenters. The second kappa shape index (κ2) is 29.4. The number of ether oxygens (including phenoxy) is 2. The molecule has 8 N–H and O–H groups in total. The molecule has 0 atom stereocenters. The number of fused-ring (bicyclic) bond motifs is 4. The number of anilines is 4. The van der Waals surface area contributed by atoms with E-state index in [9.17, 15) is 25.1 Å². The fourth-order valence-corrected chi connectivity index (χ4v) is 12.2. The molecule has 0 radical (unpaired) electrons. The third kappa shape index (κ3) is 15.8. The summed E-state index contributed by atoms with van der Waals surface area (Å²) in [6, 6.07) is 20.3. The maximum atomic E-state index is 11.7. The van der Waals surface area contributed by atoms with Crippen LogP contribution in [0.2, 0.25) is 0 Å². The fraction of sp³-hybridized carbons (Fsp3) is 0.438. The molecule has 6 aromatic rings. The van der Waals surface area contributed by atoms with E-state index in [2.05, 4.69) is 78.5 Å². The average molecular weight is 1360 g/mol. The Balaban J connectivity index is 0.000000140. The number of amides is 4. The molecule has 472 valence electrons. The highest BCUT2D eigenvalue weighted by Gasteiger charge is 2.52. The van der Waals surface area contributed by atoms with Gasteiger partial charge in [0.25, 0.3) is 0 Å². The highest BCUT2D eigenvalue weighted by molar-refractivity contribution is 9.10. The first-order valence-electron chi connectivity index (χ1n) is 30.1. The van der Waals surface area contributed by atoms with E-state index in [-0.39, 0.29) is 22.6 Å². The van der Waals surface area contributed by atoms with Crippen LogP contribution in [0.4, 0.5) is 32.9 Å². The zero-order valence-electron chi connectivity index (χ0n) is 51.2. The van der Waals surface area contributed by atoms with Crippen molar-refractivity contribution in [3.05, 3.63) is 132 Å². The van der Waals surface area contributed by atoms with E-state index in [1.807, 2.05) is 82.3 Å². The van der Waals surface area contributed by atoms with Gasteiger partial charge < -0.3 is 51.1 Å². The molecule has 3 saturated heterocycles. The van der Waals surface area contributed by atoms with Gasteiger partial charge >= 0.3 is 19.2 Å². The number of halogens is 2. The maximum Gasteiger partial charge on any atom is 0.496 e. The van der Waals surface area contributed by atoms with Crippen molar-refractivity contribution < 1.29 is 38.6 Å². The summed E-state index contributed by atoms with van der Waals surface area (Å²) in [5.74, 6) is 2.72. The average Bonchev–Trinajstić information content (AvgIpc) is 1.63. The topological polar surface area (TPSA) is 367 Å². The number of hydrogen-bond acceptors (Lipinski definition) is 20. The van der Waals surface area contributed by atoms with Gasteiger partial charge in [-0.2, -0.15) is 21.0 Å². The number of carbonyl (C=O) groups is 2. The van der Waals surface area contributed by atoms with Gasteiger partial charge in [0.05, 0.1) is 31.3 Å². The molecule has 13 rings (SSSR count). The Morgan fingerprint density at radius 1 is 0.582 bits per heavy atom. The predicted molar refractivity (Wildman–Crippen MR) is 346 cm³/mol. The van der Waals surface area contributed by atoms with Gasteiger partial charge in [0.1, 0.15) is 53.2 Å². The molecule has 0 aromatic carbocycles. The molecule has 7 aliphatic heterocycles. The summed E-state index contributed by atoms with van der Waals surface area (Å²) in [4.78, 5) is 51.3. The quantitative estimate of drug-likeness (QED) is 0.0906. The molecule has 13 heterocycles. The lowest BCUT2D eigenvalue weighted by molar-refractivity contribution is -0.0684. The zero-order valence-corrected chi connectivity index (χ0v) is 54.4. The van der Waals surface area contributed by atoms with Crippen molar-refractivity contribution >= 4 is 79.8 Å². The third-order valence-corrected chi connectivity index (χ3v) is 18.4. The van der Waals surface area contributed by atoms with Gasteiger partial charge in [0.15, 0.2) is 17.1 Å². The lowest BCUT2D eigenvalue weighted by Gasteiger charge is -2.32. The number of hydrogen-bond donors (Lipinski definition) is 6. The summed E-state index contributed by atoms with van der Waals surface area (Å²) in [6.45, 7) is 13.2. The Kier molecular flexibility index (Phi) is 21.7. The number of nitriles is 4. The Morgan fingerprint density at radius 2 is 1.05 bits per heavy atom. The molecule has 0 saturated carbocycles. The number of primary amides is 2. The van der Waals surface area contributed by atoms with Crippen LogP contribution in [0, 0.1) is 45.3 Å². The van der Waals surface area contributed by atoms with E-state index in [0.717, 1.165) is 103 Å². The number of aliphatic hydroxyl groups is 2. The van der Waals surface area contributed by atoms with E-state index in [0.29, 0.717) is 109 Å². The van der Waals surface area contributed by atoms with Crippen molar-refractivity contribution in [2.24, 2.45) is 11.5 Å². The van der Waals surface area contributed by atoms with Crippen molar-refractivity contribution in [2.45, 2.75) is 127 Å². The van der Waals surface area contributed by atoms with Crippen molar-refractivity contribution in [3.63, 3.8) is 0 Å². The van der Waals surface area contributed by atoms with Crippen molar-refractivity contribution in [2.75, 3.05) is 73.0 Å². The molecule has 27 heteroatoms. The number of aromatic nitrogens is 6. The monoisotopic (exact) mass is 1360 g/mol. The summed E-state index contributed by atoms with van der Waals surface area (Å²) >= 11 is 6.60. The molecule has 91 heavy (non-hydrogen) atoms. The first-order chi connectivity index (χ1) is 43.6. The molecule has 0 spiro atoms. The van der Waals surface area contributed by atoms with E-state index in [1.54, 1.807) is 30.9 Å². The molecule has 7 aliphatic rings. The van der Waals surface area contributed by atoms with Gasteiger partial charge in [0, 0.05) is 131 Å². The number of pyridine rings is 6. The van der Waals surface area contributed by atoms with E-state index < -0.39 is 30.4 Å². The van der Waals surface area contributed by atoms with Crippen LogP contribution in [0.25, 0.3) is 11.1 Å². The minimum Gasteiger partial charge on any atom is -0.399 e. The third-order valence-electron chi connectivity index (χ3n) is 17.2. The second-order valence-corrected chi connectivity index (χ2v) is 25.4. The zero-order chi connectivity index (χ0) is 65.1. The number of nitrogens with one attached hydrogen (secondary N) is 2. The molecule has 6 aromatic heterocycles. The lowest BCUT2D eigenvalue weighted by Crippen LogP contribution is -2.41. The van der Waals surface area contributed by atoms with E-state index in [4.69, 9.17) is 46.0 Å². The van der Waals surface area contributed by atoms with E-state index >= 15 is 0 Å². The van der Waals surface area contributed by atoms with Crippen LogP contribution in [-0.2, 0) is 55.7 Å². The van der Waals surface area contributed by atoms with E-state index in [1.165, 1.54) is 20.9 Å². The van der Waals surface area contributed by atoms with Gasteiger partial charge in [-0.3, -0.25) is 19.8 Å². The SMILES string of the molecule is CC1(C)OB(c2cncc(C3(O)CCOCC3)c2)OC1(C)C.N#Cc1ccc2c(n1)NCCC2.N#Cc1nc2c(cc1-c1cncc(C3(O)CCOCC3)c1)CCCN2C(N)=O.N#Cc1nc2c(cc1Br)CCCN2.N#Cc1nc2c(cc1Br)CCCN2C(N)=O. The van der Waals surface area contributed by atoms with Crippen LogP contribution in [-0.4, -0.2) is 123 Å². The van der Waals surface area contributed by atoms with Crippen LogP contribution in [0.1, 0.15) is 135 Å². The van der Waals surface area contributed by atoms with Crippen LogP contribution in [0.5, 0.6) is 0 Å². The van der Waals surface area contributed by atoms with Gasteiger partial charge in [-0.15, -0.1) is 0 Å². The van der Waals surface area contributed by atoms with Gasteiger partial charge in [0.2, 0.25) is 0 Å². The van der Waals surface area contributed by atoms with Gasteiger partial charge in [-0.25, -0.2) is 29.5 Å². The minimum absolute atomic E-state index is 0.199. The lowest BCUT2D eigenvalue weighted by atomic mass is 9.77. The molecular formula is C64H71BBr2N16O8. The van der Waals surface area contributed by atoms with Gasteiger partial charge in [-0.05, 0) is 164 Å². The maximum absolute atomic E-state index is 11.7. The molecular weight excluding hydrogens is 1290 g/mol. The van der Waals surface area contributed by atoms with Crippen molar-refractivity contribution in [1.29, 1.82) is 21.0 Å². The van der Waals surface area contributed by atoms with Crippen LogP contribution in [0.15, 0.2) is 76.2 Å². The Morgan fingerprint density at radius 3 is 1.59 bits per heavy atom. The number of nitrogens with zero attached hydrogens (tertiary/aromatic N) is 12. The first-order valence-corrected chi connectivity index (χ1v) is 31.7. The van der Waals surface area contributed by atoms with Gasteiger partial charge in [-0.1, -0.05) is 12.1 Å². The first kappa shape index (κ1) is 67.2. The standard InChI is InChI=1S/C20H21N5O3.C16H24BNO4.C10H9BrN4O.C9H8BrN3.C9H9N3/c21-10-17-16(9-13-2-1-5-25(19(22)26)18(13)24-17)14-8-15(12-23-11-14)20(27)3-6-28-7-4-20;1-14(2)15(3,4)22-17(21-14)13-9-12(10-18-11-13)16(19)5-7-20-8-6-16;11-7-4-6-2-1-3-15(10(13)16)9(6)14-8(7)5-12;10-7-4-6-2-1-3-12-9(6)13-8(7)5-11;10-6-8-4-3-7-2-1-5-11-9(7)12-8/h8-9,11-12,27H,1-7H2,(H2,22,26);9-11,19H,5-8H2,1-4H3;4H,1-3H2,(H2,13,16);4H,1-3H2,(H,12,13);3-4H,1-2,5H2,(H,11,12). The molecule has 24 nitrogen and oxygen atoms in total. The smallest absolute Gasteiger partial charge is 0.399 e. The van der Waals surface area contributed by atoms with Crippen molar-refractivity contribution in [3.8, 4) is 35.4 Å². The number of aryl methyl sites for hydroxylation is 4. The van der Waals surface area contributed by atoms with Crippen LogP contribution in [0.3, 0.4) is 0 Å². The highest BCUT2D eigenvalue weighted by atomic mass is 79.9. The molecule has 3 fully saturated rings. The Labute approximate surface area is 545 Å². The highest BCUT2D eigenvalue weighted by Crippen LogP contribution is 2.39. The van der Waals surface area contributed by atoms with Crippen molar-refractivity contribution in [1.82, 2.24) is 29.9 Å². The summed E-state index contributed by atoms with van der Waals surface area (Å²) in [5.41, 5.74) is 17.4. The molecule has 0 aliphatic carbocycles. The number of urea groups is 2. The Bertz CT molecular complexity index is 3840. The summed E-state index contributed by atoms with van der Waals surface area (Å²) < 4.78 is 24.3. The normalized spacial score (nSPS) is 18.3. The summed E-state index contributed by atoms with van der Waals surface area (Å²) in [7, 11) is -0.458. The Hall–Kier alpha value is -8.22. The number of carbonyl (C=O) groups excluding carboxylic acids is 2. The van der Waals surface area contributed by atoms with Crippen LogP contribution >= 0.6 is 31.9 Å². The number of rotatable bonds is 4. The van der Waals surface area contributed by atoms with Crippen LogP contribution < -0.4 is 37.4 Å². The fourth-order valence-electron chi connectivity index (χ4n) is 11.3. The molecule has 0 bridgehead atoms.